The summed E-state index contributed by atoms with van der Waals surface area (Å²) in [5, 5.41) is 13.8. The maximum Gasteiger partial charge on any atom is 0.308 e. The normalized spacial score (nSPS) is 21.9. The fourth-order valence-corrected chi connectivity index (χ4v) is 12.4. The fraction of sp³-hybridized carbons (Fsp3) is 0.548. The highest BCUT2D eigenvalue weighted by atomic mass is 32.2. The van der Waals surface area contributed by atoms with Gasteiger partial charge in [0.1, 0.15) is 30.5 Å². The summed E-state index contributed by atoms with van der Waals surface area (Å²) in [7, 11) is -2.99. The Balaban J connectivity index is 1.65. The van der Waals surface area contributed by atoms with E-state index in [1.165, 1.54) is 25.7 Å². The third-order valence-electron chi connectivity index (χ3n) is 9.39. The lowest BCUT2D eigenvalue weighted by molar-refractivity contribution is -0.249. The molecule has 0 radical (unpaired) electrons. The van der Waals surface area contributed by atoms with E-state index in [2.05, 4.69) is 52.0 Å². The van der Waals surface area contributed by atoms with Gasteiger partial charge in [0, 0.05) is 1.37 Å². The molecule has 0 spiro atoms. The second-order valence-electron chi connectivity index (χ2n) is 14.5. The summed E-state index contributed by atoms with van der Waals surface area (Å²) in [5.74, 6) is -0.387. The number of aliphatic hydroxyl groups excluding tert-OH is 1. The summed E-state index contributed by atoms with van der Waals surface area (Å²) in [6, 6.07) is 30.6. The number of rotatable bonds is 20. The van der Waals surface area contributed by atoms with Crippen molar-refractivity contribution < 1.29 is 34.6 Å². The molecule has 0 aromatic heterocycles. The second-order valence-corrected chi connectivity index (χ2v) is 20.0. The molecule has 1 heterocycles. The van der Waals surface area contributed by atoms with E-state index in [1.54, 1.807) is 18.7 Å². The number of ether oxygens (including phenoxy) is 4. The van der Waals surface area contributed by atoms with E-state index >= 15 is 0 Å². The fourth-order valence-electron chi connectivity index (χ4n) is 6.66. The molecule has 1 aliphatic rings. The monoisotopic (exact) mass is 737 g/mol. The van der Waals surface area contributed by atoms with Crippen molar-refractivity contribution in [2.24, 2.45) is 5.92 Å². The molecule has 2 unspecified atom stereocenters. The van der Waals surface area contributed by atoms with Crippen molar-refractivity contribution in [1.82, 2.24) is 0 Å². The number of hydrogen-bond donors (Lipinski definition) is 1. The third-order valence-corrected chi connectivity index (χ3v) is 15.6. The molecule has 9 heteroatoms. The number of unbranched alkanes of at least 4 members (excludes halogenated alkanes) is 5. The first-order chi connectivity index (χ1) is 25.1. The zero-order chi connectivity index (χ0) is 37.4. The predicted octanol–water partition coefficient (Wildman–Crippen LogP) is 7.87. The van der Waals surface area contributed by atoms with E-state index in [9.17, 15) is 9.90 Å². The highest BCUT2D eigenvalue weighted by Gasteiger charge is 2.53. The summed E-state index contributed by atoms with van der Waals surface area (Å²) in [6.45, 7) is 10.7. The molecule has 3 aromatic carbocycles. The molecular formula is C42H60O7SSi. The van der Waals surface area contributed by atoms with Gasteiger partial charge in [-0.25, -0.2) is 0 Å². The molecule has 1 saturated heterocycles. The molecule has 0 bridgehead atoms. The number of carbonyl (C=O) groups excluding carboxylic acids is 1. The van der Waals surface area contributed by atoms with Gasteiger partial charge in [-0.05, 0) is 33.1 Å². The van der Waals surface area contributed by atoms with Gasteiger partial charge in [0.25, 0.3) is 8.32 Å². The second kappa shape index (κ2) is 20.7. The Kier molecular flexibility index (Phi) is 16.1. The molecule has 51 heavy (non-hydrogen) atoms. The van der Waals surface area contributed by atoms with Crippen LogP contribution in [0.4, 0.5) is 0 Å². The van der Waals surface area contributed by atoms with E-state index in [0.717, 1.165) is 34.5 Å². The maximum absolute atomic E-state index is 13.4. The molecule has 1 N–H and O–H groups in total. The zero-order valence-corrected chi connectivity index (χ0v) is 33.0. The Morgan fingerprint density at radius 1 is 0.902 bits per heavy atom. The Morgan fingerprint density at radius 2 is 1.49 bits per heavy atom. The van der Waals surface area contributed by atoms with Crippen LogP contribution in [0.3, 0.4) is 0 Å². The SMILES string of the molecule is [2H]CC(C)C(=O)O[C@H]1[C@H](OCOCc2ccccc2)[C@@H](O)C(SCCCCCCCC)O[C@@H]1CO[Si](c1ccccc1)(c1ccccc1)C(C)(C)C. The van der Waals surface area contributed by atoms with Crippen molar-refractivity contribution in [1.29, 1.82) is 0 Å². The van der Waals surface area contributed by atoms with Crippen LogP contribution in [-0.2, 0) is 34.8 Å². The molecular weight excluding hydrogens is 677 g/mol. The Hall–Kier alpha value is -2.50. The zero-order valence-electron chi connectivity index (χ0n) is 32.2. The molecule has 0 saturated carbocycles. The Labute approximate surface area is 313 Å². The number of esters is 1. The topological polar surface area (TPSA) is 83.5 Å². The van der Waals surface area contributed by atoms with Crippen molar-refractivity contribution >= 4 is 36.4 Å². The number of benzene rings is 3. The van der Waals surface area contributed by atoms with Crippen molar-refractivity contribution in [2.75, 3.05) is 19.2 Å². The summed E-state index contributed by atoms with van der Waals surface area (Å²) in [6.07, 6.45) is 3.20. The van der Waals surface area contributed by atoms with Crippen molar-refractivity contribution in [3.05, 3.63) is 96.6 Å². The van der Waals surface area contributed by atoms with Gasteiger partial charge in [0.15, 0.2) is 6.10 Å². The van der Waals surface area contributed by atoms with Gasteiger partial charge in [-0.1, -0.05) is 165 Å². The molecule has 4 rings (SSSR count). The minimum atomic E-state index is -2.99. The first-order valence-corrected chi connectivity index (χ1v) is 21.5. The Morgan fingerprint density at radius 3 is 2.08 bits per heavy atom. The average molecular weight is 738 g/mol. The highest BCUT2D eigenvalue weighted by molar-refractivity contribution is 7.99. The lowest BCUT2D eigenvalue weighted by Gasteiger charge is -2.47. The van der Waals surface area contributed by atoms with Crippen LogP contribution in [0.5, 0.6) is 0 Å². The molecule has 1 fully saturated rings. The van der Waals surface area contributed by atoms with Crippen LogP contribution in [0.15, 0.2) is 91.0 Å². The lowest BCUT2D eigenvalue weighted by Crippen LogP contribution is -2.68. The maximum atomic E-state index is 13.4. The minimum absolute atomic E-state index is 0.103. The first-order valence-electron chi connectivity index (χ1n) is 19.3. The lowest BCUT2D eigenvalue weighted by atomic mass is 9.99. The van der Waals surface area contributed by atoms with Crippen molar-refractivity contribution in [3.63, 3.8) is 0 Å². The van der Waals surface area contributed by atoms with Crippen LogP contribution in [-0.4, -0.2) is 68.4 Å². The number of carbonyl (C=O) groups is 1. The predicted molar refractivity (Wildman–Crippen MR) is 210 cm³/mol. The van der Waals surface area contributed by atoms with Gasteiger partial charge in [-0.2, -0.15) is 0 Å². The molecule has 6 atom stereocenters. The van der Waals surface area contributed by atoms with Gasteiger partial charge in [-0.3, -0.25) is 4.79 Å². The van der Waals surface area contributed by atoms with Gasteiger partial charge >= 0.3 is 5.97 Å². The molecule has 1 aliphatic heterocycles. The van der Waals surface area contributed by atoms with Crippen LogP contribution in [0.2, 0.25) is 5.04 Å². The summed E-state index contributed by atoms with van der Waals surface area (Å²) in [4.78, 5) is 13.4. The van der Waals surface area contributed by atoms with E-state index in [4.69, 9.17) is 24.7 Å². The number of aliphatic hydroxyl groups is 1. The number of hydrogen-bond acceptors (Lipinski definition) is 8. The van der Waals surface area contributed by atoms with Crippen molar-refractivity contribution in [3.8, 4) is 0 Å². The summed E-state index contributed by atoms with van der Waals surface area (Å²) < 4.78 is 40.3. The van der Waals surface area contributed by atoms with E-state index in [-0.39, 0.29) is 25.3 Å². The van der Waals surface area contributed by atoms with Gasteiger partial charge in [0.05, 0.1) is 19.1 Å². The van der Waals surface area contributed by atoms with Gasteiger partial charge < -0.3 is 28.5 Å². The molecule has 0 amide bonds. The van der Waals surface area contributed by atoms with E-state index in [1.807, 2.05) is 66.7 Å². The Bertz CT molecular complexity index is 1390. The van der Waals surface area contributed by atoms with Gasteiger partial charge in [-0.15, -0.1) is 11.8 Å². The number of thioether (sulfide) groups is 1. The van der Waals surface area contributed by atoms with Crippen LogP contribution >= 0.6 is 11.8 Å². The molecule has 0 aliphatic carbocycles. The smallest absolute Gasteiger partial charge is 0.308 e. The van der Waals surface area contributed by atoms with Crippen LogP contribution < -0.4 is 10.4 Å². The molecule has 280 valence electrons. The molecule has 7 nitrogen and oxygen atoms in total. The van der Waals surface area contributed by atoms with Crippen LogP contribution in [0, 0.1) is 5.92 Å². The largest absolute Gasteiger partial charge is 0.456 e. The van der Waals surface area contributed by atoms with Crippen LogP contribution in [0.1, 0.15) is 87.0 Å². The minimum Gasteiger partial charge on any atom is -0.456 e. The first kappa shape index (κ1) is 39.7. The standard InChI is InChI=1S/C42H60O7SSi/c1-7-8-9-10-11-21-28-50-41-37(43)39(46-31-45-29-33-22-15-12-16-23-33)38(49-40(44)32(2)3)36(48-41)30-47-51(42(4,5)6,34-24-17-13-18-25-34)35-26-19-14-20-27-35/h12-20,22-27,32,36-39,41,43H,7-11,21,28-31H2,1-6H3/t36-,37-,38-,39-,41?/m1/s1/i2D/t32?,36-,37-,38-,39-,41?. The quantitative estimate of drug-likeness (QED) is 0.0543. The summed E-state index contributed by atoms with van der Waals surface area (Å²) in [5.41, 5.74) is 0.362. The third kappa shape index (κ3) is 11.5. The highest BCUT2D eigenvalue weighted by Crippen LogP contribution is 2.39. The molecule has 3 aromatic rings. The van der Waals surface area contributed by atoms with Gasteiger partial charge in [0.2, 0.25) is 0 Å². The average Bonchev–Trinajstić information content (AvgIpc) is 3.15. The van der Waals surface area contributed by atoms with Crippen LogP contribution in [0.25, 0.3) is 0 Å². The van der Waals surface area contributed by atoms with Crippen molar-refractivity contribution in [2.45, 2.75) is 122 Å². The summed E-state index contributed by atoms with van der Waals surface area (Å²) >= 11 is 1.57. The van der Waals surface area contributed by atoms with E-state index in [0.29, 0.717) is 6.61 Å². The van der Waals surface area contributed by atoms with E-state index < -0.39 is 50.1 Å².